The van der Waals surface area contributed by atoms with E-state index in [1.165, 1.54) is 5.56 Å². The van der Waals surface area contributed by atoms with Gasteiger partial charge in [0.15, 0.2) is 0 Å². The molecule has 30 heavy (non-hydrogen) atoms. The second-order valence-electron chi connectivity index (χ2n) is 9.84. The second-order valence-corrected chi connectivity index (χ2v) is 9.84. The summed E-state index contributed by atoms with van der Waals surface area (Å²) < 4.78 is 5.48. The zero-order chi connectivity index (χ0) is 21.7. The number of amides is 2. The van der Waals surface area contributed by atoms with Crippen LogP contribution in [0.2, 0.25) is 0 Å². The molecule has 0 aromatic heterocycles. The quantitative estimate of drug-likeness (QED) is 0.665. The van der Waals surface area contributed by atoms with Gasteiger partial charge in [-0.2, -0.15) is 0 Å². The lowest BCUT2D eigenvalue weighted by Crippen LogP contribution is -2.43. The van der Waals surface area contributed by atoms with E-state index in [-0.39, 0.29) is 6.09 Å². The van der Waals surface area contributed by atoms with E-state index in [4.69, 9.17) is 4.74 Å². The summed E-state index contributed by atoms with van der Waals surface area (Å²) in [6.07, 6.45) is 5.35. The third kappa shape index (κ3) is 5.77. The van der Waals surface area contributed by atoms with Gasteiger partial charge >= 0.3 is 6.09 Å². The molecule has 0 radical (unpaired) electrons. The van der Waals surface area contributed by atoms with Gasteiger partial charge in [0.2, 0.25) is 5.91 Å². The van der Waals surface area contributed by atoms with Crippen molar-refractivity contribution in [3.63, 3.8) is 0 Å². The highest BCUT2D eigenvalue weighted by Crippen LogP contribution is 2.35. The summed E-state index contributed by atoms with van der Waals surface area (Å²) in [5.41, 5.74) is 0.874. The average Bonchev–Trinajstić information content (AvgIpc) is 3.18. The molecule has 0 N–H and O–H groups in total. The van der Waals surface area contributed by atoms with Gasteiger partial charge < -0.3 is 14.5 Å². The number of rotatable bonds is 5. The Morgan fingerprint density at radius 3 is 2.33 bits per heavy atom. The molecule has 1 aromatic carbocycles. The number of ether oxygens (including phenoxy) is 1. The lowest BCUT2D eigenvalue weighted by molar-refractivity contribution is -0.133. The first-order valence-electron chi connectivity index (χ1n) is 11.6. The molecule has 0 saturated carbocycles. The van der Waals surface area contributed by atoms with Crippen molar-refractivity contribution in [2.45, 2.75) is 83.8 Å². The Bertz CT molecular complexity index is 705. The number of likely N-dealkylation sites (tertiary alicyclic amines) is 2. The Morgan fingerprint density at radius 2 is 1.73 bits per heavy atom. The van der Waals surface area contributed by atoms with E-state index < -0.39 is 5.60 Å². The third-order valence-electron chi connectivity index (χ3n) is 6.48. The third-order valence-corrected chi connectivity index (χ3v) is 6.48. The standard InChI is InChI=1S/C25H38N2O3/c1-5-21(20-10-7-6-8-11-20)22-12-9-15-27(22)23(28)18-19-13-16-26(17-14-19)24(29)30-25(2,3)4/h6-8,10-11,19,21-22H,5,9,12-18H2,1-4H3/t21-,22+/m0/s1. The van der Waals surface area contributed by atoms with E-state index in [1.807, 2.05) is 20.8 Å². The fourth-order valence-corrected chi connectivity index (χ4v) is 4.96. The van der Waals surface area contributed by atoms with Crippen LogP contribution in [0.3, 0.4) is 0 Å². The van der Waals surface area contributed by atoms with Gasteiger partial charge in [-0.1, -0.05) is 37.3 Å². The number of benzene rings is 1. The highest BCUT2D eigenvalue weighted by atomic mass is 16.6. The Balaban J connectivity index is 1.54. The van der Waals surface area contributed by atoms with E-state index in [1.54, 1.807) is 4.90 Å². The smallest absolute Gasteiger partial charge is 0.410 e. The van der Waals surface area contributed by atoms with Crippen molar-refractivity contribution in [3.8, 4) is 0 Å². The van der Waals surface area contributed by atoms with E-state index >= 15 is 0 Å². The van der Waals surface area contributed by atoms with Gasteiger partial charge in [0.25, 0.3) is 0 Å². The molecule has 3 rings (SSSR count). The van der Waals surface area contributed by atoms with Crippen molar-refractivity contribution >= 4 is 12.0 Å². The minimum atomic E-state index is -0.469. The number of piperidine rings is 1. The first-order valence-corrected chi connectivity index (χ1v) is 11.6. The number of nitrogens with zero attached hydrogens (tertiary/aromatic N) is 2. The van der Waals surface area contributed by atoms with Crippen molar-refractivity contribution in [2.75, 3.05) is 19.6 Å². The molecule has 5 heteroatoms. The second kappa shape index (κ2) is 9.84. The van der Waals surface area contributed by atoms with Crippen LogP contribution in [-0.2, 0) is 9.53 Å². The van der Waals surface area contributed by atoms with Gasteiger partial charge in [0.1, 0.15) is 5.60 Å². The van der Waals surface area contributed by atoms with Crippen LogP contribution in [-0.4, -0.2) is 53.1 Å². The maximum Gasteiger partial charge on any atom is 0.410 e. The van der Waals surface area contributed by atoms with Crippen molar-refractivity contribution in [2.24, 2.45) is 5.92 Å². The highest BCUT2D eigenvalue weighted by Gasteiger charge is 2.36. The molecule has 166 valence electrons. The van der Waals surface area contributed by atoms with Gasteiger partial charge in [-0.15, -0.1) is 0 Å². The van der Waals surface area contributed by atoms with Crippen LogP contribution in [0.1, 0.15) is 77.7 Å². The van der Waals surface area contributed by atoms with Crippen LogP contribution in [0.25, 0.3) is 0 Å². The Morgan fingerprint density at radius 1 is 1.07 bits per heavy atom. The predicted octanol–water partition coefficient (Wildman–Crippen LogP) is 5.21. The van der Waals surface area contributed by atoms with Crippen molar-refractivity contribution in [1.82, 2.24) is 9.80 Å². The first-order chi connectivity index (χ1) is 14.3. The summed E-state index contributed by atoms with van der Waals surface area (Å²) >= 11 is 0. The fraction of sp³-hybridized carbons (Fsp3) is 0.680. The minimum absolute atomic E-state index is 0.236. The van der Waals surface area contributed by atoms with Crippen LogP contribution >= 0.6 is 0 Å². The van der Waals surface area contributed by atoms with Crippen LogP contribution < -0.4 is 0 Å². The number of hydrogen-bond acceptors (Lipinski definition) is 3. The van der Waals surface area contributed by atoms with E-state index in [0.717, 1.165) is 38.6 Å². The summed E-state index contributed by atoms with van der Waals surface area (Å²) in [7, 11) is 0. The molecule has 5 nitrogen and oxygen atoms in total. The van der Waals surface area contributed by atoms with Crippen LogP contribution in [0.4, 0.5) is 4.79 Å². The minimum Gasteiger partial charge on any atom is -0.444 e. The molecule has 0 unspecified atom stereocenters. The molecule has 0 spiro atoms. The van der Waals surface area contributed by atoms with Crippen molar-refractivity contribution < 1.29 is 14.3 Å². The van der Waals surface area contributed by atoms with Crippen molar-refractivity contribution in [3.05, 3.63) is 35.9 Å². The maximum absolute atomic E-state index is 13.2. The summed E-state index contributed by atoms with van der Waals surface area (Å²) in [6, 6.07) is 10.9. The SMILES string of the molecule is CC[C@@H](c1ccccc1)[C@H]1CCCN1C(=O)CC1CCN(C(=O)OC(C)(C)C)CC1. The zero-order valence-electron chi connectivity index (χ0n) is 19.1. The Hall–Kier alpha value is -2.04. The molecule has 2 aliphatic heterocycles. The summed E-state index contributed by atoms with van der Waals surface area (Å²) in [4.78, 5) is 29.4. The Kier molecular flexibility index (Phi) is 7.43. The van der Waals surface area contributed by atoms with Crippen LogP contribution in [0.5, 0.6) is 0 Å². The number of carbonyl (C=O) groups is 2. The van der Waals surface area contributed by atoms with Gasteiger partial charge in [0.05, 0.1) is 0 Å². The van der Waals surface area contributed by atoms with Gasteiger partial charge in [-0.25, -0.2) is 4.79 Å². The fourth-order valence-electron chi connectivity index (χ4n) is 4.96. The van der Waals surface area contributed by atoms with Gasteiger partial charge in [0, 0.05) is 38.0 Å². The molecule has 2 amide bonds. The van der Waals surface area contributed by atoms with E-state index in [9.17, 15) is 9.59 Å². The molecule has 0 aliphatic carbocycles. The van der Waals surface area contributed by atoms with Crippen LogP contribution in [0, 0.1) is 5.92 Å². The largest absolute Gasteiger partial charge is 0.444 e. The molecule has 2 saturated heterocycles. The van der Waals surface area contributed by atoms with E-state index in [2.05, 4.69) is 42.2 Å². The lowest BCUT2D eigenvalue weighted by atomic mass is 9.87. The molecule has 2 heterocycles. The molecular weight excluding hydrogens is 376 g/mol. The maximum atomic E-state index is 13.2. The predicted molar refractivity (Wildman–Crippen MR) is 119 cm³/mol. The van der Waals surface area contributed by atoms with Gasteiger partial charge in [-0.05, 0) is 64.4 Å². The number of carbonyl (C=O) groups excluding carboxylic acids is 2. The molecule has 2 aliphatic rings. The molecular formula is C25H38N2O3. The summed E-state index contributed by atoms with van der Waals surface area (Å²) in [5, 5.41) is 0. The normalized spacial score (nSPS) is 21.5. The Labute approximate surface area is 181 Å². The summed E-state index contributed by atoms with van der Waals surface area (Å²) in [5.74, 6) is 1.06. The first kappa shape index (κ1) is 22.6. The van der Waals surface area contributed by atoms with Crippen molar-refractivity contribution in [1.29, 1.82) is 0 Å². The molecule has 1 aromatic rings. The molecule has 2 fully saturated rings. The van der Waals surface area contributed by atoms with E-state index in [0.29, 0.717) is 43.3 Å². The molecule has 2 atom stereocenters. The monoisotopic (exact) mass is 414 g/mol. The zero-order valence-corrected chi connectivity index (χ0v) is 19.1. The average molecular weight is 415 g/mol. The lowest BCUT2D eigenvalue weighted by Gasteiger charge is -2.35. The molecule has 0 bridgehead atoms. The number of hydrogen-bond donors (Lipinski definition) is 0. The highest BCUT2D eigenvalue weighted by molar-refractivity contribution is 5.77. The summed E-state index contributed by atoms with van der Waals surface area (Å²) in [6.45, 7) is 10.1. The van der Waals surface area contributed by atoms with Gasteiger partial charge in [-0.3, -0.25) is 4.79 Å². The topological polar surface area (TPSA) is 49.9 Å². The van der Waals surface area contributed by atoms with Crippen LogP contribution in [0.15, 0.2) is 30.3 Å².